The Balaban J connectivity index is 4.36. The molecule has 0 saturated heterocycles. The molecular weight excluding hydrogens is 336 g/mol. The van der Waals surface area contributed by atoms with Gasteiger partial charge in [0.05, 0.1) is 13.1 Å². The number of hydrogen-bond donors (Lipinski definition) is 4. The molecule has 0 aliphatic carbocycles. The summed E-state index contributed by atoms with van der Waals surface area (Å²) in [5.41, 5.74) is 1.61. The van der Waals surface area contributed by atoms with Crippen molar-refractivity contribution in [2.45, 2.75) is 53.4 Å². The molecule has 3 amide bonds. The van der Waals surface area contributed by atoms with Crippen molar-refractivity contribution < 1.29 is 19.6 Å². The van der Waals surface area contributed by atoms with Gasteiger partial charge in [0.15, 0.2) is 0 Å². The molecule has 0 spiro atoms. The van der Waals surface area contributed by atoms with Crippen molar-refractivity contribution in [1.29, 1.82) is 0 Å². The lowest BCUT2D eigenvalue weighted by molar-refractivity contribution is -0.129. The molecule has 4 N–H and O–H groups in total. The van der Waals surface area contributed by atoms with Crippen molar-refractivity contribution in [3.63, 3.8) is 0 Å². The highest BCUT2D eigenvalue weighted by Crippen LogP contribution is 2.02. The zero-order valence-electron chi connectivity index (χ0n) is 16.6. The first-order valence-corrected chi connectivity index (χ1v) is 9.43. The Kier molecular flexibility index (Phi) is 13.6. The summed E-state index contributed by atoms with van der Waals surface area (Å²) in [7, 11) is 0. The van der Waals surface area contributed by atoms with Gasteiger partial charge in [-0.25, -0.2) is 5.48 Å². The lowest BCUT2D eigenvalue weighted by atomic mass is 10.2. The molecule has 0 aromatic heterocycles. The number of hydroxylamine groups is 1. The number of carbonyl (C=O) groups excluding carboxylic acids is 3. The van der Waals surface area contributed by atoms with E-state index in [1.165, 1.54) is 0 Å². The quantitative estimate of drug-likeness (QED) is 0.206. The Labute approximate surface area is 157 Å². The summed E-state index contributed by atoms with van der Waals surface area (Å²) in [5.74, 6) is 0.173. The van der Waals surface area contributed by atoms with Crippen LogP contribution in [0.3, 0.4) is 0 Å². The van der Waals surface area contributed by atoms with E-state index in [9.17, 15) is 14.4 Å². The van der Waals surface area contributed by atoms with Gasteiger partial charge in [0.2, 0.25) is 17.7 Å². The molecule has 0 aliphatic heterocycles. The van der Waals surface area contributed by atoms with E-state index in [-0.39, 0.29) is 31.3 Å². The predicted octanol–water partition coefficient (Wildman–Crippen LogP) is 0.899. The van der Waals surface area contributed by atoms with Crippen molar-refractivity contribution in [2.75, 3.05) is 32.7 Å². The molecule has 152 valence electrons. The topological polar surface area (TPSA) is 111 Å². The second kappa shape index (κ2) is 14.5. The van der Waals surface area contributed by atoms with Crippen LogP contribution in [0.5, 0.6) is 0 Å². The predicted molar refractivity (Wildman–Crippen MR) is 101 cm³/mol. The SMILES string of the molecule is CC(C)CNC(=O)CN(CCCCCC(=O)NO)CC(=O)NCC(C)C. The van der Waals surface area contributed by atoms with Gasteiger partial charge in [-0.2, -0.15) is 0 Å². The first-order chi connectivity index (χ1) is 12.2. The lowest BCUT2D eigenvalue weighted by Crippen LogP contribution is -2.44. The molecule has 0 radical (unpaired) electrons. The average Bonchev–Trinajstić information content (AvgIpc) is 2.57. The minimum atomic E-state index is -0.400. The normalized spacial score (nSPS) is 11.1. The Morgan fingerprint density at radius 3 is 1.73 bits per heavy atom. The van der Waals surface area contributed by atoms with Gasteiger partial charge in [0.25, 0.3) is 0 Å². The summed E-state index contributed by atoms with van der Waals surface area (Å²) >= 11 is 0. The van der Waals surface area contributed by atoms with Crippen molar-refractivity contribution in [2.24, 2.45) is 11.8 Å². The van der Waals surface area contributed by atoms with Crippen LogP contribution in [0.1, 0.15) is 53.4 Å². The number of carbonyl (C=O) groups is 3. The fraction of sp³-hybridized carbons (Fsp3) is 0.833. The van der Waals surface area contributed by atoms with E-state index in [1.807, 2.05) is 32.6 Å². The summed E-state index contributed by atoms with van der Waals surface area (Å²) < 4.78 is 0. The van der Waals surface area contributed by atoms with Crippen molar-refractivity contribution in [3.05, 3.63) is 0 Å². The van der Waals surface area contributed by atoms with Gasteiger partial charge < -0.3 is 10.6 Å². The van der Waals surface area contributed by atoms with Crippen LogP contribution in [0, 0.1) is 11.8 Å². The molecule has 0 aromatic rings. The minimum absolute atomic E-state index is 0.0879. The second-order valence-corrected chi connectivity index (χ2v) is 7.45. The fourth-order valence-electron chi connectivity index (χ4n) is 2.22. The van der Waals surface area contributed by atoms with E-state index in [0.29, 0.717) is 37.9 Å². The number of hydrogen-bond acceptors (Lipinski definition) is 5. The van der Waals surface area contributed by atoms with Crippen LogP contribution in [0.4, 0.5) is 0 Å². The third kappa shape index (κ3) is 14.7. The zero-order chi connectivity index (χ0) is 19.9. The monoisotopic (exact) mass is 372 g/mol. The third-order valence-corrected chi connectivity index (χ3v) is 3.65. The number of nitrogens with zero attached hydrogens (tertiary/aromatic N) is 1. The van der Waals surface area contributed by atoms with Crippen LogP contribution in [0.25, 0.3) is 0 Å². The van der Waals surface area contributed by atoms with E-state index < -0.39 is 5.91 Å². The fourth-order valence-corrected chi connectivity index (χ4v) is 2.22. The van der Waals surface area contributed by atoms with Crippen molar-refractivity contribution >= 4 is 17.7 Å². The number of rotatable bonds is 14. The van der Waals surface area contributed by atoms with Crippen LogP contribution in [-0.4, -0.2) is 60.6 Å². The molecule has 0 fully saturated rings. The van der Waals surface area contributed by atoms with Gasteiger partial charge in [-0.3, -0.25) is 24.5 Å². The van der Waals surface area contributed by atoms with Crippen LogP contribution in [-0.2, 0) is 14.4 Å². The van der Waals surface area contributed by atoms with Crippen LogP contribution in [0.15, 0.2) is 0 Å². The van der Waals surface area contributed by atoms with Gasteiger partial charge in [-0.05, 0) is 31.2 Å². The number of amides is 3. The molecule has 0 atom stereocenters. The van der Waals surface area contributed by atoms with Gasteiger partial charge in [0.1, 0.15) is 0 Å². The smallest absolute Gasteiger partial charge is 0.243 e. The minimum Gasteiger partial charge on any atom is -0.355 e. The summed E-state index contributed by atoms with van der Waals surface area (Å²) in [6, 6.07) is 0. The molecule has 8 heteroatoms. The number of nitrogens with one attached hydrogen (secondary N) is 3. The zero-order valence-corrected chi connectivity index (χ0v) is 16.6. The van der Waals surface area contributed by atoms with E-state index in [1.54, 1.807) is 5.48 Å². The largest absolute Gasteiger partial charge is 0.355 e. The van der Waals surface area contributed by atoms with Crippen molar-refractivity contribution in [3.8, 4) is 0 Å². The van der Waals surface area contributed by atoms with E-state index in [2.05, 4.69) is 10.6 Å². The maximum Gasteiger partial charge on any atom is 0.243 e. The second-order valence-electron chi connectivity index (χ2n) is 7.45. The molecule has 0 aromatic carbocycles. The summed E-state index contributed by atoms with van der Waals surface area (Å²) in [6.45, 7) is 10.3. The Morgan fingerprint density at radius 1 is 0.808 bits per heavy atom. The average molecular weight is 373 g/mol. The van der Waals surface area contributed by atoms with Gasteiger partial charge >= 0.3 is 0 Å². The summed E-state index contributed by atoms with van der Waals surface area (Å²) in [4.78, 5) is 36.9. The van der Waals surface area contributed by atoms with Crippen LogP contribution < -0.4 is 16.1 Å². The standard InChI is InChI=1S/C18H36N4O4/c1-14(2)10-19-17(24)12-22(13-18(25)20-11-15(3)4)9-7-5-6-8-16(23)21-26/h14-15,26H,5-13H2,1-4H3,(H,19,24)(H,20,25)(H,21,23). The lowest BCUT2D eigenvalue weighted by Gasteiger charge is -2.22. The highest BCUT2D eigenvalue weighted by atomic mass is 16.5. The van der Waals surface area contributed by atoms with Gasteiger partial charge in [0, 0.05) is 19.5 Å². The third-order valence-electron chi connectivity index (χ3n) is 3.65. The summed E-state index contributed by atoms with van der Waals surface area (Å²) in [6.07, 6.45) is 2.47. The maximum absolute atomic E-state index is 12.1. The Bertz CT molecular complexity index is 401. The molecule has 0 heterocycles. The highest BCUT2D eigenvalue weighted by Gasteiger charge is 2.15. The van der Waals surface area contributed by atoms with E-state index >= 15 is 0 Å². The molecule has 0 unspecified atom stereocenters. The molecule has 0 rings (SSSR count). The molecule has 26 heavy (non-hydrogen) atoms. The van der Waals surface area contributed by atoms with E-state index in [4.69, 9.17) is 5.21 Å². The molecule has 8 nitrogen and oxygen atoms in total. The van der Waals surface area contributed by atoms with Crippen LogP contribution >= 0.6 is 0 Å². The number of unbranched alkanes of at least 4 members (excludes halogenated alkanes) is 2. The highest BCUT2D eigenvalue weighted by molar-refractivity contribution is 5.81. The first-order valence-electron chi connectivity index (χ1n) is 9.43. The maximum atomic E-state index is 12.1. The van der Waals surface area contributed by atoms with E-state index in [0.717, 1.165) is 12.8 Å². The molecular formula is C18H36N4O4. The van der Waals surface area contributed by atoms with Crippen LogP contribution in [0.2, 0.25) is 0 Å². The molecule has 0 aliphatic rings. The van der Waals surface area contributed by atoms with Gasteiger partial charge in [-0.1, -0.05) is 34.1 Å². The summed E-state index contributed by atoms with van der Waals surface area (Å²) in [5, 5.41) is 14.2. The Hall–Kier alpha value is -1.67. The molecule has 0 bridgehead atoms. The Morgan fingerprint density at radius 2 is 1.31 bits per heavy atom. The first kappa shape index (κ1) is 24.3. The molecule has 0 saturated carbocycles. The van der Waals surface area contributed by atoms with Crippen molar-refractivity contribution in [1.82, 2.24) is 21.0 Å². The van der Waals surface area contributed by atoms with Gasteiger partial charge in [-0.15, -0.1) is 0 Å².